The third-order valence-corrected chi connectivity index (χ3v) is 5.56. The first-order valence-corrected chi connectivity index (χ1v) is 10.0. The van der Waals surface area contributed by atoms with Gasteiger partial charge >= 0.3 is 0 Å². The molecule has 8 heteroatoms. The minimum absolute atomic E-state index is 0.0976. The summed E-state index contributed by atoms with van der Waals surface area (Å²) in [5.74, 6) is -0.324. The maximum absolute atomic E-state index is 12.4. The minimum atomic E-state index is -0.273. The predicted molar refractivity (Wildman–Crippen MR) is 111 cm³/mol. The zero-order valence-electron chi connectivity index (χ0n) is 15.6. The van der Waals surface area contributed by atoms with Crippen LogP contribution in [0.25, 0.3) is 0 Å². The SMILES string of the molecule is CN(C)C(=O)c1ccc2c(c1)N(CC(=O)NCc1ccc(Cl)cc1)C(=O)CS2. The molecular weight excluding hydrogens is 398 g/mol. The quantitative estimate of drug-likeness (QED) is 0.812. The van der Waals surface area contributed by atoms with Crippen molar-refractivity contribution in [1.82, 2.24) is 10.2 Å². The average Bonchev–Trinajstić information content (AvgIpc) is 2.68. The third kappa shape index (κ3) is 4.66. The monoisotopic (exact) mass is 417 g/mol. The number of halogens is 1. The van der Waals surface area contributed by atoms with Gasteiger partial charge in [0, 0.05) is 36.1 Å². The number of carbonyl (C=O) groups is 3. The van der Waals surface area contributed by atoms with Crippen LogP contribution in [0.3, 0.4) is 0 Å². The zero-order chi connectivity index (χ0) is 20.3. The molecule has 146 valence electrons. The van der Waals surface area contributed by atoms with E-state index in [1.54, 1.807) is 38.4 Å². The molecular formula is C20H20ClN3O3S. The number of hydrogen-bond acceptors (Lipinski definition) is 4. The van der Waals surface area contributed by atoms with Crippen molar-refractivity contribution in [3.8, 4) is 0 Å². The van der Waals surface area contributed by atoms with Crippen LogP contribution in [0.15, 0.2) is 47.4 Å². The molecule has 6 nitrogen and oxygen atoms in total. The molecule has 0 bridgehead atoms. The lowest BCUT2D eigenvalue weighted by atomic mass is 10.1. The summed E-state index contributed by atoms with van der Waals surface area (Å²) in [6.45, 7) is 0.248. The van der Waals surface area contributed by atoms with E-state index >= 15 is 0 Å². The fourth-order valence-corrected chi connectivity index (χ4v) is 3.81. The maximum Gasteiger partial charge on any atom is 0.253 e. The number of thioether (sulfide) groups is 1. The minimum Gasteiger partial charge on any atom is -0.350 e. The smallest absolute Gasteiger partial charge is 0.253 e. The molecule has 0 spiro atoms. The molecule has 0 atom stereocenters. The highest BCUT2D eigenvalue weighted by Crippen LogP contribution is 2.36. The Bertz CT molecular complexity index is 915. The molecule has 0 radical (unpaired) electrons. The lowest BCUT2D eigenvalue weighted by molar-refractivity contribution is -0.123. The van der Waals surface area contributed by atoms with Gasteiger partial charge in [0.1, 0.15) is 6.54 Å². The van der Waals surface area contributed by atoms with Crippen molar-refractivity contribution >= 4 is 46.8 Å². The van der Waals surface area contributed by atoms with Crippen LogP contribution in [0.2, 0.25) is 5.02 Å². The molecule has 28 heavy (non-hydrogen) atoms. The Morgan fingerprint density at radius 3 is 2.57 bits per heavy atom. The summed E-state index contributed by atoms with van der Waals surface area (Å²) in [5.41, 5.74) is 1.98. The van der Waals surface area contributed by atoms with Crippen LogP contribution in [0.4, 0.5) is 5.69 Å². The average molecular weight is 418 g/mol. The van der Waals surface area contributed by atoms with Crippen molar-refractivity contribution in [2.24, 2.45) is 0 Å². The number of amides is 3. The lowest BCUT2D eigenvalue weighted by Gasteiger charge is -2.29. The molecule has 1 aliphatic rings. The second kappa shape index (κ2) is 8.67. The first kappa shape index (κ1) is 20.2. The Kier molecular flexibility index (Phi) is 6.26. The highest BCUT2D eigenvalue weighted by molar-refractivity contribution is 8.00. The summed E-state index contributed by atoms with van der Waals surface area (Å²) in [5, 5.41) is 3.45. The molecule has 0 fully saturated rings. The molecule has 2 aromatic rings. The number of nitrogens with one attached hydrogen (secondary N) is 1. The van der Waals surface area contributed by atoms with E-state index in [2.05, 4.69) is 5.32 Å². The van der Waals surface area contributed by atoms with Gasteiger partial charge < -0.3 is 15.1 Å². The van der Waals surface area contributed by atoms with E-state index in [9.17, 15) is 14.4 Å². The molecule has 3 amide bonds. The number of anilines is 1. The van der Waals surface area contributed by atoms with Crippen molar-refractivity contribution in [1.29, 1.82) is 0 Å². The molecule has 0 saturated carbocycles. The van der Waals surface area contributed by atoms with Crippen molar-refractivity contribution < 1.29 is 14.4 Å². The summed E-state index contributed by atoms with van der Waals surface area (Å²) >= 11 is 7.27. The molecule has 0 unspecified atom stereocenters. The summed E-state index contributed by atoms with van der Waals surface area (Å²) in [6.07, 6.45) is 0. The van der Waals surface area contributed by atoms with E-state index in [1.807, 2.05) is 18.2 Å². The van der Waals surface area contributed by atoms with E-state index in [4.69, 9.17) is 11.6 Å². The molecule has 0 aliphatic carbocycles. The van der Waals surface area contributed by atoms with Gasteiger partial charge in [-0.2, -0.15) is 0 Å². The first-order chi connectivity index (χ1) is 13.3. The first-order valence-electron chi connectivity index (χ1n) is 8.65. The van der Waals surface area contributed by atoms with Gasteiger partial charge in [-0.1, -0.05) is 23.7 Å². The second-order valence-corrected chi connectivity index (χ2v) is 8.01. The number of fused-ring (bicyclic) bond motifs is 1. The van der Waals surface area contributed by atoms with Gasteiger partial charge in [0.15, 0.2) is 0 Å². The van der Waals surface area contributed by atoms with Crippen molar-refractivity contribution in [3.63, 3.8) is 0 Å². The fraction of sp³-hybridized carbons (Fsp3) is 0.250. The molecule has 1 heterocycles. The Balaban J connectivity index is 1.73. The predicted octanol–water partition coefficient (Wildman–Crippen LogP) is 2.80. The van der Waals surface area contributed by atoms with Gasteiger partial charge in [-0.3, -0.25) is 14.4 Å². The number of nitrogens with zero attached hydrogens (tertiary/aromatic N) is 2. The van der Waals surface area contributed by atoms with E-state index in [-0.39, 0.29) is 30.0 Å². The van der Waals surface area contributed by atoms with Crippen LogP contribution < -0.4 is 10.2 Å². The summed E-state index contributed by atoms with van der Waals surface area (Å²) in [4.78, 5) is 40.9. The van der Waals surface area contributed by atoms with Crippen LogP contribution >= 0.6 is 23.4 Å². The normalized spacial score (nSPS) is 13.1. The summed E-state index contributed by atoms with van der Waals surface area (Å²) in [6, 6.07) is 12.4. The highest BCUT2D eigenvalue weighted by atomic mass is 35.5. The molecule has 3 rings (SSSR count). The van der Waals surface area contributed by atoms with Crippen LogP contribution in [0.5, 0.6) is 0 Å². The Labute approximate surface area is 172 Å². The molecule has 2 aromatic carbocycles. The van der Waals surface area contributed by atoms with Gasteiger partial charge in [0.25, 0.3) is 5.91 Å². The van der Waals surface area contributed by atoms with E-state index in [0.717, 1.165) is 10.5 Å². The van der Waals surface area contributed by atoms with Gasteiger partial charge in [0.2, 0.25) is 11.8 Å². The molecule has 0 aromatic heterocycles. The van der Waals surface area contributed by atoms with Gasteiger partial charge in [-0.05, 0) is 35.9 Å². The highest BCUT2D eigenvalue weighted by Gasteiger charge is 2.27. The van der Waals surface area contributed by atoms with E-state index < -0.39 is 0 Å². The van der Waals surface area contributed by atoms with Gasteiger partial charge in [-0.15, -0.1) is 11.8 Å². The summed E-state index contributed by atoms with van der Waals surface area (Å²) in [7, 11) is 3.34. The van der Waals surface area contributed by atoms with Crippen molar-refractivity contribution in [2.75, 3.05) is 31.3 Å². The van der Waals surface area contributed by atoms with Crippen LogP contribution in [0.1, 0.15) is 15.9 Å². The molecule has 1 aliphatic heterocycles. The van der Waals surface area contributed by atoms with E-state index in [0.29, 0.717) is 22.8 Å². The van der Waals surface area contributed by atoms with Gasteiger partial charge in [-0.25, -0.2) is 0 Å². The maximum atomic E-state index is 12.4. The van der Waals surface area contributed by atoms with Crippen LogP contribution in [-0.2, 0) is 16.1 Å². The number of carbonyl (C=O) groups excluding carboxylic acids is 3. The largest absolute Gasteiger partial charge is 0.350 e. The van der Waals surface area contributed by atoms with Crippen molar-refractivity contribution in [3.05, 3.63) is 58.6 Å². The van der Waals surface area contributed by atoms with Gasteiger partial charge in [0.05, 0.1) is 11.4 Å². The lowest BCUT2D eigenvalue weighted by Crippen LogP contribution is -2.43. The number of hydrogen-bond donors (Lipinski definition) is 1. The molecule has 0 saturated heterocycles. The fourth-order valence-electron chi connectivity index (χ4n) is 2.77. The Morgan fingerprint density at radius 1 is 1.18 bits per heavy atom. The zero-order valence-corrected chi connectivity index (χ0v) is 17.1. The summed E-state index contributed by atoms with van der Waals surface area (Å²) < 4.78 is 0. The van der Waals surface area contributed by atoms with Crippen LogP contribution in [0, 0.1) is 0 Å². The topological polar surface area (TPSA) is 69.7 Å². The van der Waals surface area contributed by atoms with Crippen molar-refractivity contribution in [2.45, 2.75) is 11.4 Å². The number of benzene rings is 2. The Morgan fingerprint density at radius 2 is 1.89 bits per heavy atom. The molecule has 1 N–H and O–H groups in total. The third-order valence-electron chi connectivity index (χ3n) is 4.26. The standard InChI is InChI=1S/C20H20ClN3O3S/c1-23(2)20(27)14-5-8-17-16(9-14)24(19(26)12-28-17)11-18(25)22-10-13-3-6-15(21)7-4-13/h3-9H,10-12H2,1-2H3,(H,22,25). The van der Waals surface area contributed by atoms with Crippen LogP contribution in [-0.4, -0.2) is 49.0 Å². The Hall–Kier alpha value is -2.51. The second-order valence-electron chi connectivity index (χ2n) is 6.55. The number of rotatable bonds is 5. The van der Waals surface area contributed by atoms with E-state index in [1.165, 1.54) is 21.6 Å².